The maximum atomic E-state index is 7.34. The fourth-order valence-corrected chi connectivity index (χ4v) is 12.5. The predicted molar refractivity (Wildman–Crippen MR) is 287 cm³/mol. The van der Waals surface area contributed by atoms with Crippen LogP contribution in [-0.4, -0.2) is 0 Å². The van der Waals surface area contributed by atoms with Crippen molar-refractivity contribution in [1.82, 2.24) is 0 Å². The van der Waals surface area contributed by atoms with Crippen LogP contribution in [0.1, 0.15) is 87.2 Å². The summed E-state index contributed by atoms with van der Waals surface area (Å²) in [5.41, 5.74) is 14.0. The van der Waals surface area contributed by atoms with Crippen molar-refractivity contribution in [3.8, 4) is 0 Å². The summed E-state index contributed by atoms with van der Waals surface area (Å²) in [6.07, 6.45) is 12.5. The molecule has 2 aliphatic rings. The van der Waals surface area contributed by atoms with E-state index in [1.54, 1.807) is 0 Å². The number of rotatable bonds is 8. The standard InChI is InChI=1S/C64H52N2O3/c1-5-21-41(22-6-1)45-32-17-34-49-51-36-19-38-54(62(51)68-60(45)49)65(43-25-9-3-10-26-43)58-47-29-13-14-30-48(47)59(64-57(58)53-31-15-16-40-56(53)67-64)66(44-27-11-4-12-28-44)55-39-20-37-52-50-35-18-33-46(61(50)69-63(52)55)42-23-7-2-8-24-42/h3-4,9-20,25-42H,1-2,5-8,21-24H2. The number of fused-ring (bicyclic) bond motifs is 10. The summed E-state index contributed by atoms with van der Waals surface area (Å²) in [4.78, 5) is 4.82. The van der Waals surface area contributed by atoms with E-state index in [0.717, 1.165) is 99.9 Å². The van der Waals surface area contributed by atoms with E-state index in [0.29, 0.717) is 11.8 Å². The van der Waals surface area contributed by atoms with Gasteiger partial charge in [-0.15, -0.1) is 0 Å². The first-order valence-corrected chi connectivity index (χ1v) is 25.2. The Morgan fingerprint density at radius 3 is 1.23 bits per heavy atom. The molecule has 14 rings (SSSR count). The Balaban J connectivity index is 1.08. The summed E-state index contributed by atoms with van der Waals surface area (Å²) in [6, 6.07) is 65.8. The molecule has 0 unspecified atom stereocenters. The third-order valence-corrected chi connectivity index (χ3v) is 15.6. The van der Waals surface area contributed by atoms with Gasteiger partial charge in [-0.1, -0.05) is 178 Å². The second-order valence-electron chi connectivity index (χ2n) is 19.5. The molecular weight excluding hydrogens is 845 g/mol. The molecule has 0 N–H and O–H groups in total. The van der Waals surface area contributed by atoms with Gasteiger partial charge in [-0.05, 0) is 91.1 Å². The molecule has 3 heterocycles. The highest BCUT2D eigenvalue weighted by atomic mass is 16.3. The normalized spacial score (nSPS) is 15.1. The molecule has 336 valence electrons. The quantitative estimate of drug-likeness (QED) is 0.142. The van der Waals surface area contributed by atoms with E-state index in [9.17, 15) is 0 Å². The van der Waals surface area contributed by atoms with E-state index < -0.39 is 0 Å². The molecule has 9 aromatic carbocycles. The van der Waals surface area contributed by atoms with E-state index >= 15 is 0 Å². The molecule has 0 spiro atoms. The highest BCUT2D eigenvalue weighted by Crippen LogP contribution is 2.56. The van der Waals surface area contributed by atoms with Gasteiger partial charge in [-0.25, -0.2) is 0 Å². The average molecular weight is 897 g/mol. The van der Waals surface area contributed by atoms with Gasteiger partial charge in [0.05, 0.1) is 28.1 Å². The zero-order chi connectivity index (χ0) is 45.4. The topological polar surface area (TPSA) is 45.9 Å². The first-order valence-electron chi connectivity index (χ1n) is 25.2. The van der Waals surface area contributed by atoms with Gasteiger partial charge in [0.15, 0.2) is 16.7 Å². The lowest BCUT2D eigenvalue weighted by Crippen LogP contribution is -2.14. The van der Waals surface area contributed by atoms with Gasteiger partial charge in [-0.2, -0.15) is 0 Å². The SMILES string of the molecule is c1ccc(N(c2cccc3c2oc2c(C4CCCCC4)cccc23)c2c3ccccc3c(N(c3ccccc3)c3cccc4c3oc3c(C5CCCCC5)cccc34)c3c2oc2ccccc23)cc1. The largest absolute Gasteiger partial charge is 0.454 e. The number of nitrogens with zero attached hydrogens (tertiary/aromatic N) is 2. The Labute approximate surface area is 401 Å². The number of hydrogen-bond acceptors (Lipinski definition) is 5. The van der Waals surface area contributed by atoms with Crippen molar-refractivity contribution in [3.63, 3.8) is 0 Å². The molecule has 0 aliphatic heterocycles. The maximum Gasteiger partial charge on any atom is 0.162 e. The average Bonchev–Trinajstić information content (AvgIpc) is 4.13. The van der Waals surface area contributed by atoms with Gasteiger partial charge in [0.1, 0.15) is 16.7 Å². The van der Waals surface area contributed by atoms with Crippen LogP contribution >= 0.6 is 0 Å². The fraction of sp³-hybridized carbons (Fsp3) is 0.188. The van der Waals surface area contributed by atoms with E-state index in [2.05, 4.69) is 192 Å². The zero-order valence-electron chi connectivity index (χ0n) is 38.7. The molecule has 0 bridgehead atoms. The molecule has 2 aliphatic carbocycles. The second kappa shape index (κ2) is 16.5. The van der Waals surface area contributed by atoms with Crippen LogP contribution in [0.4, 0.5) is 34.1 Å². The number of para-hydroxylation sites is 7. The predicted octanol–water partition coefficient (Wildman–Crippen LogP) is 19.6. The van der Waals surface area contributed by atoms with Crippen LogP contribution in [0, 0.1) is 0 Å². The summed E-state index contributed by atoms with van der Waals surface area (Å²) in [6.45, 7) is 0. The van der Waals surface area contributed by atoms with Crippen LogP contribution in [0.3, 0.4) is 0 Å². The molecular formula is C64H52N2O3. The Morgan fingerprint density at radius 1 is 0.304 bits per heavy atom. The van der Waals surface area contributed by atoms with Crippen molar-refractivity contribution in [3.05, 3.63) is 193 Å². The summed E-state index contributed by atoms with van der Waals surface area (Å²) in [5, 5.41) is 8.78. The second-order valence-corrected chi connectivity index (χ2v) is 19.5. The minimum Gasteiger partial charge on any atom is -0.454 e. The third-order valence-electron chi connectivity index (χ3n) is 15.6. The minimum absolute atomic E-state index is 0.500. The number of anilines is 6. The Bertz CT molecular complexity index is 3890. The molecule has 5 nitrogen and oxygen atoms in total. The molecule has 0 amide bonds. The lowest BCUT2D eigenvalue weighted by molar-refractivity contribution is 0.442. The van der Waals surface area contributed by atoms with Crippen molar-refractivity contribution in [2.75, 3.05) is 9.80 Å². The van der Waals surface area contributed by atoms with E-state index in [1.807, 2.05) is 0 Å². The molecule has 2 saturated carbocycles. The molecule has 69 heavy (non-hydrogen) atoms. The zero-order valence-corrected chi connectivity index (χ0v) is 38.7. The van der Waals surface area contributed by atoms with Gasteiger partial charge in [0.25, 0.3) is 0 Å². The Kier molecular flexibility index (Phi) is 9.63. The van der Waals surface area contributed by atoms with E-state index in [1.165, 1.54) is 86.1 Å². The van der Waals surface area contributed by atoms with Gasteiger partial charge in [0.2, 0.25) is 0 Å². The first kappa shape index (κ1) is 40.3. The Morgan fingerprint density at radius 2 is 0.710 bits per heavy atom. The molecule has 0 radical (unpaired) electrons. The van der Waals surface area contributed by atoms with Gasteiger partial charge < -0.3 is 23.1 Å². The van der Waals surface area contributed by atoms with Crippen LogP contribution in [0.2, 0.25) is 0 Å². The minimum atomic E-state index is 0.500. The smallest absolute Gasteiger partial charge is 0.162 e. The lowest BCUT2D eigenvalue weighted by Gasteiger charge is -2.31. The summed E-state index contributed by atoms with van der Waals surface area (Å²) >= 11 is 0. The number of hydrogen-bond donors (Lipinski definition) is 0. The van der Waals surface area contributed by atoms with Crippen LogP contribution < -0.4 is 9.80 Å². The maximum absolute atomic E-state index is 7.34. The van der Waals surface area contributed by atoms with Crippen molar-refractivity contribution >= 4 is 111 Å². The monoisotopic (exact) mass is 896 g/mol. The highest BCUT2D eigenvalue weighted by Gasteiger charge is 2.32. The summed E-state index contributed by atoms with van der Waals surface area (Å²) < 4.78 is 21.9. The third kappa shape index (κ3) is 6.43. The van der Waals surface area contributed by atoms with Crippen LogP contribution in [0.15, 0.2) is 195 Å². The highest BCUT2D eigenvalue weighted by molar-refractivity contribution is 6.29. The lowest BCUT2D eigenvalue weighted by atomic mass is 9.83. The summed E-state index contributed by atoms with van der Waals surface area (Å²) in [5.74, 6) is 1.00. The van der Waals surface area contributed by atoms with Crippen molar-refractivity contribution < 1.29 is 13.3 Å². The van der Waals surface area contributed by atoms with Crippen LogP contribution in [-0.2, 0) is 0 Å². The van der Waals surface area contributed by atoms with Gasteiger partial charge in [-0.3, -0.25) is 0 Å². The number of benzene rings is 9. The molecule has 0 atom stereocenters. The molecule has 12 aromatic rings. The Hall–Kier alpha value is -7.76. The first-order chi connectivity index (χ1) is 34.3. The van der Waals surface area contributed by atoms with Crippen molar-refractivity contribution in [2.45, 2.75) is 76.0 Å². The van der Waals surface area contributed by atoms with Crippen molar-refractivity contribution in [2.24, 2.45) is 0 Å². The van der Waals surface area contributed by atoms with E-state index in [4.69, 9.17) is 13.3 Å². The van der Waals surface area contributed by atoms with Crippen LogP contribution in [0.5, 0.6) is 0 Å². The van der Waals surface area contributed by atoms with Gasteiger partial charge in [0, 0.05) is 49.1 Å². The fourth-order valence-electron chi connectivity index (χ4n) is 12.5. The van der Waals surface area contributed by atoms with E-state index in [-0.39, 0.29) is 0 Å². The van der Waals surface area contributed by atoms with Gasteiger partial charge >= 0.3 is 0 Å². The molecule has 3 aromatic heterocycles. The number of furan rings is 3. The van der Waals surface area contributed by atoms with Crippen molar-refractivity contribution in [1.29, 1.82) is 0 Å². The van der Waals surface area contributed by atoms with Crippen LogP contribution in [0.25, 0.3) is 76.6 Å². The molecule has 5 heteroatoms. The molecule has 0 saturated heterocycles. The summed E-state index contributed by atoms with van der Waals surface area (Å²) in [7, 11) is 0. The molecule has 2 fully saturated rings.